The van der Waals surface area contributed by atoms with Crippen LogP contribution in [0.2, 0.25) is 0 Å². The van der Waals surface area contributed by atoms with Crippen LogP contribution in [0.25, 0.3) is 0 Å². The van der Waals surface area contributed by atoms with E-state index >= 15 is 0 Å². The van der Waals surface area contributed by atoms with Crippen LogP contribution in [0.1, 0.15) is 0 Å². The maximum Gasteiger partial charge on any atom is 0.246 e. The van der Waals surface area contributed by atoms with Gasteiger partial charge in [-0.15, -0.1) is 0 Å². The largest absolute Gasteiger partial charge is 0.336 e. The van der Waals surface area contributed by atoms with E-state index < -0.39 is 0 Å². The fourth-order valence-corrected chi connectivity index (χ4v) is 2.44. The summed E-state index contributed by atoms with van der Waals surface area (Å²) in [6.07, 6.45) is 1.42. The number of rotatable bonds is 1. The lowest BCUT2D eigenvalue weighted by molar-refractivity contribution is -0.129. The van der Waals surface area contributed by atoms with Crippen LogP contribution < -0.4 is 0 Å². The van der Waals surface area contributed by atoms with E-state index in [1.807, 2.05) is 4.90 Å². The Bertz CT molecular complexity index is 267. The molecule has 1 unspecified atom stereocenters. The molecule has 1 amide bonds. The summed E-state index contributed by atoms with van der Waals surface area (Å²) in [4.78, 5) is 18.2. The smallest absolute Gasteiger partial charge is 0.246 e. The molecule has 2 aliphatic rings. The predicted molar refractivity (Wildman–Crippen MR) is 59.6 cm³/mol. The Kier molecular flexibility index (Phi) is 3.07. The average molecular weight is 209 g/mol. The third-order valence-corrected chi connectivity index (χ3v) is 3.38. The van der Waals surface area contributed by atoms with Crippen molar-refractivity contribution in [1.82, 2.24) is 14.7 Å². The Hall–Kier alpha value is -0.870. The lowest BCUT2D eigenvalue weighted by Gasteiger charge is -2.46. The summed E-state index contributed by atoms with van der Waals surface area (Å²) >= 11 is 0. The zero-order chi connectivity index (χ0) is 10.8. The molecule has 4 heteroatoms. The summed E-state index contributed by atoms with van der Waals surface area (Å²) in [7, 11) is 2.14. The first-order chi connectivity index (χ1) is 7.20. The lowest BCUT2D eigenvalue weighted by atomic mass is 10.1. The molecule has 0 aromatic rings. The maximum absolute atomic E-state index is 11.5. The number of piperazine rings is 2. The van der Waals surface area contributed by atoms with Gasteiger partial charge in [0.25, 0.3) is 0 Å². The molecule has 2 fully saturated rings. The van der Waals surface area contributed by atoms with Crippen molar-refractivity contribution < 1.29 is 4.79 Å². The Morgan fingerprint density at radius 2 is 2.00 bits per heavy atom. The SMILES string of the molecule is C=CC(=O)N1CCN2CCN(C)CC2C1. The maximum atomic E-state index is 11.5. The molecule has 1 atom stereocenters. The first kappa shape index (κ1) is 10.6. The Labute approximate surface area is 91.1 Å². The molecule has 0 radical (unpaired) electrons. The van der Waals surface area contributed by atoms with Gasteiger partial charge >= 0.3 is 0 Å². The van der Waals surface area contributed by atoms with Crippen molar-refractivity contribution in [3.05, 3.63) is 12.7 Å². The molecule has 2 aliphatic heterocycles. The molecule has 0 aliphatic carbocycles. The van der Waals surface area contributed by atoms with Crippen LogP contribution in [0.4, 0.5) is 0 Å². The molecule has 0 saturated carbocycles. The Balaban J connectivity index is 1.97. The highest BCUT2D eigenvalue weighted by molar-refractivity contribution is 5.87. The summed E-state index contributed by atoms with van der Waals surface area (Å²) in [6, 6.07) is 0.515. The minimum absolute atomic E-state index is 0.0721. The van der Waals surface area contributed by atoms with Crippen molar-refractivity contribution >= 4 is 5.91 Å². The van der Waals surface area contributed by atoms with E-state index in [2.05, 4.69) is 23.4 Å². The number of hydrogen-bond donors (Lipinski definition) is 0. The second kappa shape index (κ2) is 4.33. The van der Waals surface area contributed by atoms with Crippen LogP contribution in [0.15, 0.2) is 12.7 Å². The fraction of sp³-hybridized carbons (Fsp3) is 0.727. The molecule has 2 rings (SSSR count). The molecule has 0 spiro atoms. The van der Waals surface area contributed by atoms with Gasteiger partial charge in [-0.25, -0.2) is 0 Å². The zero-order valence-electron chi connectivity index (χ0n) is 9.35. The van der Waals surface area contributed by atoms with Gasteiger partial charge in [-0.3, -0.25) is 9.69 Å². The molecule has 4 nitrogen and oxygen atoms in total. The van der Waals surface area contributed by atoms with Crippen molar-refractivity contribution in [1.29, 1.82) is 0 Å². The normalized spacial score (nSPS) is 28.6. The third kappa shape index (κ3) is 2.21. The molecule has 2 heterocycles. The molecule has 0 bridgehead atoms. The lowest BCUT2D eigenvalue weighted by Crippen LogP contribution is -2.61. The highest BCUT2D eigenvalue weighted by atomic mass is 16.2. The van der Waals surface area contributed by atoms with Crippen LogP contribution in [-0.4, -0.2) is 73.0 Å². The summed E-state index contributed by atoms with van der Waals surface area (Å²) in [5.74, 6) is 0.0721. The van der Waals surface area contributed by atoms with Gasteiger partial charge in [0.15, 0.2) is 0 Å². The minimum atomic E-state index is 0.0721. The molecule has 15 heavy (non-hydrogen) atoms. The number of fused-ring (bicyclic) bond motifs is 1. The average Bonchev–Trinajstić information content (AvgIpc) is 2.27. The van der Waals surface area contributed by atoms with Gasteiger partial charge in [-0.2, -0.15) is 0 Å². The van der Waals surface area contributed by atoms with Gasteiger partial charge < -0.3 is 9.80 Å². The van der Waals surface area contributed by atoms with Gasteiger partial charge in [0.2, 0.25) is 5.91 Å². The van der Waals surface area contributed by atoms with Crippen LogP contribution >= 0.6 is 0 Å². The number of amides is 1. The van der Waals surface area contributed by atoms with Crippen LogP contribution in [0.3, 0.4) is 0 Å². The molecule has 0 N–H and O–H groups in total. The number of likely N-dealkylation sites (N-methyl/N-ethyl adjacent to an activating group) is 1. The van der Waals surface area contributed by atoms with E-state index in [1.165, 1.54) is 6.08 Å². The molecular formula is C11H19N3O. The second-order valence-electron chi connectivity index (χ2n) is 4.44. The Morgan fingerprint density at radius 3 is 2.73 bits per heavy atom. The van der Waals surface area contributed by atoms with E-state index in [9.17, 15) is 4.79 Å². The van der Waals surface area contributed by atoms with Crippen molar-refractivity contribution in [2.75, 3.05) is 46.3 Å². The summed E-state index contributed by atoms with van der Waals surface area (Å²) < 4.78 is 0. The van der Waals surface area contributed by atoms with E-state index in [1.54, 1.807) is 0 Å². The second-order valence-corrected chi connectivity index (χ2v) is 4.44. The quantitative estimate of drug-likeness (QED) is 0.551. The first-order valence-electron chi connectivity index (χ1n) is 5.54. The van der Waals surface area contributed by atoms with Crippen molar-refractivity contribution in [2.24, 2.45) is 0 Å². The van der Waals surface area contributed by atoms with Gasteiger partial charge in [-0.1, -0.05) is 6.58 Å². The predicted octanol–water partition coefficient (Wildman–Crippen LogP) is -0.369. The standard InChI is InChI=1S/C11H19N3O/c1-3-11(15)14-7-6-13-5-4-12(2)8-10(13)9-14/h3,10H,1,4-9H2,2H3. The van der Waals surface area contributed by atoms with Gasteiger partial charge in [0, 0.05) is 45.3 Å². The fourth-order valence-electron chi connectivity index (χ4n) is 2.44. The van der Waals surface area contributed by atoms with Gasteiger partial charge in [-0.05, 0) is 13.1 Å². The van der Waals surface area contributed by atoms with E-state index in [-0.39, 0.29) is 5.91 Å². The van der Waals surface area contributed by atoms with E-state index in [0.717, 1.165) is 39.3 Å². The number of carbonyl (C=O) groups is 1. The zero-order valence-corrected chi connectivity index (χ0v) is 9.35. The summed E-state index contributed by atoms with van der Waals surface area (Å²) in [5, 5.41) is 0. The molecule has 2 saturated heterocycles. The molecule has 0 aromatic carbocycles. The number of nitrogens with zero attached hydrogens (tertiary/aromatic N) is 3. The van der Waals surface area contributed by atoms with Crippen molar-refractivity contribution in [3.63, 3.8) is 0 Å². The van der Waals surface area contributed by atoms with Gasteiger partial charge in [0.05, 0.1) is 0 Å². The number of hydrogen-bond acceptors (Lipinski definition) is 3. The summed E-state index contributed by atoms with van der Waals surface area (Å²) in [6.45, 7) is 9.61. The van der Waals surface area contributed by atoms with Crippen LogP contribution in [0, 0.1) is 0 Å². The van der Waals surface area contributed by atoms with E-state index in [4.69, 9.17) is 0 Å². The van der Waals surface area contributed by atoms with E-state index in [0.29, 0.717) is 6.04 Å². The first-order valence-corrected chi connectivity index (χ1v) is 5.54. The Morgan fingerprint density at radius 1 is 1.27 bits per heavy atom. The monoisotopic (exact) mass is 209 g/mol. The third-order valence-electron chi connectivity index (χ3n) is 3.38. The van der Waals surface area contributed by atoms with Crippen LogP contribution in [0.5, 0.6) is 0 Å². The van der Waals surface area contributed by atoms with Crippen molar-refractivity contribution in [3.8, 4) is 0 Å². The summed E-state index contributed by atoms with van der Waals surface area (Å²) in [5.41, 5.74) is 0. The highest BCUT2D eigenvalue weighted by Crippen LogP contribution is 2.14. The number of carbonyl (C=O) groups excluding carboxylic acids is 1. The topological polar surface area (TPSA) is 26.8 Å². The van der Waals surface area contributed by atoms with Gasteiger partial charge in [0.1, 0.15) is 0 Å². The molecule has 84 valence electrons. The van der Waals surface area contributed by atoms with Crippen LogP contribution in [-0.2, 0) is 4.79 Å². The molecule has 0 aromatic heterocycles. The molecular weight excluding hydrogens is 190 g/mol. The van der Waals surface area contributed by atoms with Crippen molar-refractivity contribution in [2.45, 2.75) is 6.04 Å². The minimum Gasteiger partial charge on any atom is -0.336 e. The highest BCUT2D eigenvalue weighted by Gasteiger charge is 2.31.